The minimum atomic E-state index is -0.421. The number of benzene rings is 2. The van der Waals surface area contributed by atoms with Crippen LogP contribution in [-0.4, -0.2) is 26.4 Å². The fourth-order valence-corrected chi connectivity index (χ4v) is 4.12. The molecule has 0 aliphatic carbocycles. The van der Waals surface area contributed by atoms with Crippen molar-refractivity contribution in [2.45, 2.75) is 31.7 Å². The molecule has 0 aliphatic heterocycles. The fraction of sp³-hybridized carbons (Fsp3) is 0.227. The van der Waals surface area contributed by atoms with Gasteiger partial charge in [-0.2, -0.15) is 0 Å². The molecule has 0 aliphatic rings. The summed E-state index contributed by atoms with van der Waals surface area (Å²) in [5.41, 5.74) is 1.49. The molecule has 32 heavy (non-hydrogen) atoms. The number of hydrogen-bond acceptors (Lipinski definition) is 5. The van der Waals surface area contributed by atoms with Crippen LogP contribution in [0.1, 0.15) is 24.4 Å². The van der Waals surface area contributed by atoms with Crippen LogP contribution in [0.3, 0.4) is 0 Å². The van der Waals surface area contributed by atoms with E-state index in [-0.39, 0.29) is 11.7 Å². The molecule has 0 fully saturated rings. The van der Waals surface area contributed by atoms with Crippen molar-refractivity contribution in [3.8, 4) is 5.75 Å². The van der Waals surface area contributed by atoms with Gasteiger partial charge in [-0.3, -0.25) is 9.36 Å². The van der Waals surface area contributed by atoms with Crippen molar-refractivity contribution in [3.05, 3.63) is 75.5 Å². The lowest BCUT2D eigenvalue weighted by molar-refractivity contribution is -0.113. The zero-order valence-corrected chi connectivity index (χ0v) is 20.5. The van der Waals surface area contributed by atoms with Crippen LogP contribution >= 0.6 is 46.6 Å². The lowest BCUT2D eigenvalue weighted by atomic mass is 10.2. The van der Waals surface area contributed by atoms with E-state index in [1.807, 2.05) is 30.5 Å². The molecular formula is C22H21Cl3N4O2S. The highest BCUT2D eigenvalue weighted by molar-refractivity contribution is 7.99. The van der Waals surface area contributed by atoms with Crippen molar-refractivity contribution in [1.29, 1.82) is 0 Å². The Morgan fingerprint density at radius 2 is 1.97 bits per heavy atom. The number of aromatic nitrogens is 3. The number of aryl methyl sites for hydroxylation is 1. The van der Waals surface area contributed by atoms with Crippen molar-refractivity contribution < 1.29 is 9.53 Å². The molecule has 0 spiro atoms. The molecule has 1 aromatic heterocycles. The van der Waals surface area contributed by atoms with Crippen LogP contribution in [0.15, 0.2) is 54.2 Å². The topological polar surface area (TPSA) is 69.0 Å². The monoisotopic (exact) mass is 510 g/mol. The summed E-state index contributed by atoms with van der Waals surface area (Å²) in [6.45, 7) is 8.09. The molecule has 0 saturated heterocycles. The predicted molar refractivity (Wildman–Crippen MR) is 131 cm³/mol. The van der Waals surface area contributed by atoms with E-state index >= 15 is 0 Å². The molecule has 1 N–H and O–H groups in total. The Bertz CT molecular complexity index is 1140. The van der Waals surface area contributed by atoms with Crippen LogP contribution < -0.4 is 10.1 Å². The SMILES string of the molecule is C=CCn1c(SCC(=O)Nc2cc(Cl)ccc2Cl)nnc1C(C)Oc1cc(C)ccc1Cl. The van der Waals surface area contributed by atoms with Crippen molar-refractivity contribution >= 4 is 58.2 Å². The van der Waals surface area contributed by atoms with E-state index in [0.717, 1.165) is 5.56 Å². The first-order chi connectivity index (χ1) is 15.3. The highest BCUT2D eigenvalue weighted by atomic mass is 35.5. The molecule has 0 bridgehead atoms. The summed E-state index contributed by atoms with van der Waals surface area (Å²) in [4.78, 5) is 12.4. The largest absolute Gasteiger partial charge is 0.481 e. The zero-order chi connectivity index (χ0) is 23.3. The molecular weight excluding hydrogens is 491 g/mol. The maximum Gasteiger partial charge on any atom is 0.234 e. The first kappa shape index (κ1) is 24.5. The van der Waals surface area contributed by atoms with E-state index in [9.17, 15) is 4.79 Å². The molecule has 0 saturated carbocycles. The number of allylic oxidation sites excluding steroid dienone is 1. The molecule has 3 rings (SSSR count). The Morgan fingerprint density at radius 1 is 1.22 bits per heavy atom. The van der Waals surface area contributed by atoms with E-state index in [2.05, 4.69) is 22.1 Å². The smallest absolute Gasteiger partial charge is 0.234 e. The number of nitrogens with one attached hydrogen (secondary N) is 1. The van der Waals surface area contributed by atoms with Gasteiger partial charge in [0.15, 0.2) is 17.1 Å². The summed E-state index contributed by atoms with van der Waals surface area (Å²) in [5.74, 6) is 1.03. The Kier molecular flexibility index (Phi) is 8.48. The standard InChI is InChI=1S/C22H21Cl3N4O2S/c1-4-9-29-21(14(3)31-19-10-13(2)5-7-17(19)25)27-28-22(29)32-12-20(30)26-18-11-15(23)6-8-16(18)24/h4-8,10-11,14H,1,9,12H2,2-3H3,(H,26,30). The third-order valence-corrected chi connectivity index (χ3v) is 6.19. The summed E-state index contributed by atoms with van der Waals surface area (Å²) in [5, 5.41) is 13.2. The Morgan fingerprint density at radius 3 is 2.72 bits per heavy atom. The van der Waals surface area contributed by atoms with Crippen LogP contribution in [0.2, 0.25) is 15.1 Å². The van der Waals surface area contributed by atoms with Gasteiger partial charge in [-0.25, -0.2) is 0 Å². The van der Waals surface area contributed by atoms with Crippen molar-refractivity contribution in [3.63, 3.8) is 0 Å². The second kappa shape index (κ2) is 11.1. The van der Waals surface area contributed by atoms with Crippen LogP contribution in [-0.2, 0) is 11.3 Å². The fourth-order valence-electron chi connectivity index (χ4n) is 2.86. The van der Waals surface area contributed by atoms with Gasteiger partial charge in [-0.1, -0.05) is 58.7 Å². The van der Waals surface area contributed by atoms with Gasteiger partial charge in [0.2, 0.25) is 5.91 Å². The Hall–Kier alpha value is -2.19. The second-order valence-corrected chi connectivity index (χ2v) is 9.09. The number of nitrogens with zero attached hydrogens (tertiary/aromatic N) is 3. The van der Waals surface area contributed by atoms with Gasteiger partial charge in [0.25, 0.3) is 0 Å². The normalized spacial score (nSPS) is 11.8. The van der Waals surface area contributed by atoms with Gasteiger partial charge in [0.05, 0.1) is 21.5 Å². The van der Waals surface area contributed by atoms with E-state index < -0.39 is 6.10 Å². The van der Waals surface area contributed by atoms with Gasteiger partial charge in [0, 0.05) is 11.6 Å². The van der Waals surface area contributed by atoms with Crippen molar-refractivity contribution in [2.75, 3.05) is 11.1 Å². The van der Waals surface area contributed by atoms with E-state index in [1.165, 1.54) is 11.8 Å². The minimum Gasteiger partial charge on any atom is -0.481 e. The molecule has 168 valence electrons. The van der Waals surface area contributed by atoms with E-state index in [0.29, 0.717) is 44.0 Å². The van der Waals surface area contributed by atoms with Gasteiger partial charge < -0.3 is 10.1 Å². The van der Waals surface area contributed by atoms with E-state index in [4.69, 9.17) is 39.5 Å². The summed E-state index contributed by atoms with van der Waals surface area (Å²) in [6, 6.07) is 10.5. The molecule has 3 aromatic rings. The third kappa shape index (κ3) is 6.19. The molecule has 0 radical (unpaired) electrons. The van der Waals surface area contributed by atoms with Crippen molar-refractivity contribution in [2.24, 2.45) is 0 Å². The first-order valence-corrected chi connectivity index (χ1v) is 11.7. The lowest BCUT2D eigenvalue weighted by Gasteiger charge is -2.17. The molecule has 1 unspecified atom stereocenters. The molecule has 2 aromatic carbocycles. The van der Waals surface area contributed by atoms with Crippen LogP contribution in [0.4, 0.5) is 5.69 Å². The zero-order valence-electron chi connectivity index (χ0n) is 17.4. The van der Waals surface area contributed by atoms with Crippen LogP contribution in [0, 0.1) is 6.92 Å². The number of hydrogen-bond donors (Lipinski definition) is 1. The maximum absolute atomic E-state index is 12.4. The molecule has 6 nitrogen and oxygen atoms in total. The Balaban J connectivity index is 1.71. The number of amides is 1. The average Bonchev–Trinajstić information content (AvgIpc) is 3.15. The molecule has 1 heterocycles. The quantitative estimate of drug-likeness (QED) is 0.259. The van der Waals surface area contributed by atoms with Gasteiger partial charge in [-0.05, 0) is 49.7 Å². The number of rotatable bonds is 9. The number of anilines is 1. The highest BCUT2D eigenvalue weighted by Gasteiger charge is 2.21. The Labute approximate surface area is 205 Å². The van der Waals surface area contributed by atoms with Gasteiger partial charge >= 0.3 is 0 Å². The molecule has 10 heteroatoms. The molecule has 1 amide bonds. The third-order valence-electron chi connectivity index (χ3n) is 4.35. The second-order valence-electron chi connectivity index (χ2n) is 6.90. The van der Waals surface area contributed by atoms with E-state index in [1.54, 1.807) is 30.3 Å². The number of thioether (sulfide) groups is 1. The summed E-state index contributed by atoms with van der Waals surface area (Å²) >= 11 is 19.6. The lowest BCUT2D eigenvalue weighted by Crippen LogP contribution is -2.16. The van der Waals surface area contributed by atoms with Gasteiger partial charge in [-0.15, -0.1) is 16.8 Å². The maximum atomic E-state index is 12.4. The minimum absolute atomic E-state index is 0.108. The summed E-state index contributed by atoms with van der Waals surface area (Å²) in [6.07, 6.45) is 1.31. The van der Waals surface area contributed by atoms with Crippen LogP contribution in [0.25, 0.3) is 0 Å². The average molecular weight is 512 g/mol. The number of carbonyl (C=O) groups is 1. The summed E-state index contributed by atoms with van der Waals surface area (Å²) in [7, 11) is 0. The highest BCUT2D eigenvalue weighted by Crippen LogP contribution is 2.31. The predicted octanol–water partition coefficient (Wildman–Crippen LogP) is 6.60. The molecule has 1 atom stereocenters. The number of carbonyl (C=O) groups excluding carboxylic acids is 1. The summed E-state index contributed by atoms with van der Waals surface area (Å²) < 4.78 is 7.89. The van der Waals surface area contributed by atoms with Gasteiger partial charge in [0.1, 0.15) is 5.75 Å². The number of ether oxygens (including phenoxy) is 1. The van der Waals surface area contributed by atoms with Crippen molar-refractivity contribution in [1.82, 2.24) is 14.8 Å². The van der Waals surface area contributed by atoms with Crippen LogP contribution in [0.5, 0.6) is 5.75 Å². The number of halogens is 3. The first-order valence-electron chi connectivity index (χ1n) is 9.63.